The average Bonchev–Trinajstić information content (AvgIpc) is 2.42. The minimum absolute atomic E-state index is 0.0000796. The highest BCUT2D eigenvalue weighted by Crippen LogP contribution is 2.29. The fourth-order valence-electron chi connectivity index (χ4n) is 1.55. The summed E-state index contributed by atoms with van der Waals surface area (Å²) in [6.07, 6.45) is -1.03. The first-order chi connectivity index (χ1) is 9.97. The summed E-state index contributed by atoms with van der Waals surface area (Å²) in [6, 6.07) is 10.5. The zero-order chi connectivity index (χ0) is 15.4. The molecular formula is C14H9Cl2NO4. The van der Waals surface area contributed by atoms with Gasteiger partial charge in [-0.25, -0.2) is 9.59 Å². The smallest absolute Gasteiger partial charge is 0.409 e. The zero-order valence-electron chi connectivity index (χ0n) is 10.5. The van der Waals surface area contributed by atoms with E-state index in [1.54, 1.807) is 12.1 Å². The van der Waals surface area contributed by atoms with Crippen molar-refractivity contribution >= 4 is 35.3 Å². The molecule has 2 aromatic rings. The summed E-state index contributed by atoms with van der Waals surface area (Å²) in [4.78, 5) is 22.9. The van der Waals surface area contributed by atoms with E-state index < -0.39 is 12.1 Å². The van der Waals surface area contributed by atoms with Gasteiger partial charge in [-0.15, -0.1) is 0 Å². The number of nitrogens with two attached hydrogens (primary N) is 1. The third-order valence-electron chi connectivity index (χ3n) is 2.41. The summed E-state index contributed by atoms with van der Waals surface area (Å²) >= 11 is 11.7. The summed E-state index contributed by atoms with van der Waals surface area (Å²) in [6.45, 7) is 0. The lowest BCUT2D eigenvalue weighted by molar-refractivity contribution is 0.0732. The molecule has 0 unspecified atom stereocenters. The van der Waals surface area contributed by atoms with Gasteiger partial charge in [0.05, 0.1) is 5.02 Å². The number of carbonyl (C=O) groups is 2. The number of carbonyl (C=O) groups excluding carboxylic acids is 2. The molecular weight excluding hydrogens is 317 g/mol. The topological polar surface area (TPSA) is 78.6 Å². The summed E-state index contributed by atoms with van der Waals surface area (Å²) in [5.41, 5.74) is 4.98. The molecule has 0 heterocycles. The molecule has 0 fully saturated rings. The van der Waals surface area contributed by atoms with E-state index in [0.29, 0.717) is 5.02 Å². The maximum absolute atomic E-state index is 12.1. The van der Waals surface area contributed by atoms with Crippen LogP contribution in [-0.4, -0.2) is 12.1 Å². The first-order valence-electron chi connectivity index (χ1n) is 5.71. The minimum Gasteiger partial charge on any atom is -0.421 e. The van der Waals surface area contributed by atoms with E-state index in [4.69, 9.17) is 38.4 Å². The Kier molecular flexibility index (Phi) is 4.67. The van der Waals surface area contributed by atoms with Crippen LogP contribution in [0.2, 0.25) is 10.0 Å². The molecule has 0 atom stereocenters. The van der Waals surface area contributed by atoms with Gasteiger partial charge in [-0.05, 0) is 30.3 Å². The van der Waals surface area contributed by atoms with Gasteiger partial charge in [0, 0.05) is 5.02 Å². The molecule has 0 saturated heterocycles. The normalized spacial score (nSPS) is 10.0. The van der Waals surface area contributed by atoms with Gasteiger partial charge in [0.1, 0.15) is 17.1 Å². The van der Waals surface area contributed by atoms with Crippen LogP contribution in [0.4, 0.5) is 4.79 Å². The van der Waals surface area contributed by atoms with E-state index in [-0.39, 0.29) is 22.1 Å². The molecule has 1 amide bonds. The highest BCUT2D eigenvalue weighted by Gasteiger charge is 2.17. The fourth-order valence-corrected chi connectivity index (χ4v) is 1.99. The lowest BCUT2D eigenvalue weighted by atomic mass is 10.2. The SMILES string of the molecule is NC(=O)Oc1ccccc1C(=O)Oc1ccc(Cl)cc1Cl. The molecule has 0 saturated carbocycles. The summed E-state index contributed by atoms with van der Waals surface area (Å²) < 4.78 is 9.88. The Morgan fingerprint density at radius 3 is 2.33 bits per heavy atom. The summed E-state index contributed by atoms with van der Waals surface area (Å²) in [7, 11) is 0. The van der Waals surface area contributed by atoms with Gasteiger partial charge in [0.25, 0.3) is 0 Å². The Morgan fingerprint density at radius 1 is 0.952 bits per heavy atom. The third kappa shape index (κ3) is 3.87. The van der Waals surface area contributed by atoms with Crippen LogP contribution in [0.25, 0.3) is 0 Å². The van der Waals surface area contributed by atoms with Gasteiger partial charge in [-0.2, -0.15) is 0 Å². The molecule has 0 aromatic heterocycles. The first kappa shape index (κ1) is 15.2. The monoisotopic (exact) mass is 325 g/mol. The number of primary amides is 1. The van der Waals surface area contributed by atoms with Gasteiger partial charge in [-0.1, -0.05) is 35.3 Å². The molecule has 21 heavy (non-hydrogen) atoms. The van der Waals surface area contributed by atoms with Crippen molar-refractivity contribution in [1.82, 2.24) is 0 Å². The largest absolute Gasteiger partial charge is 0.421 e. The standard InChI is InChI=1S/C14H9Cl2NO4/c15-8-5-6-12(10(16)7-8)20-13(18)9-3-1-2-4-11(9)21-14(17)19/h1-7H,(H2,17,19). The molecule has 5 nitrogen and oxygen atoms in total. The quantitative estimate of drug-likeness (QED) is 0.689. The van der Waals surface area contributed by atoms with Gasteiger partial charge < -0.3 is 15.2 Å². The van der Waals surface area contributed by atoms with E-state index in [2.05, 4.69) is 0 Å². The molecule has 0 aliphatic heterocycles. The molecule has 0 spiro atoms. The molecule has 0 aliphatic rings. The van der Waals surface area contributed by atoms with Crippen LogP contribution in [0.15, 0.2) is 42.5 Å². The molecule has 0 bridgehead atoms. The number of para-hydroxylation sites is 1. The Labute approximate surface area is 130 Å². The van der Waals surface area contributed by atoms with Gasteiger partial charge in [-0.3, -0.25) is 0 Å². The van der Waals surface area contributed by atoms with Crippen molar-refractivity contribution in [3.63, 3.8) is 0 Å². The van der Waals surface area contributed by atoms with Crippen LogP contribution >= 0.6 is 23.2 Å². The van der Waals surface area contributed by atoms with E-state index in [9.17, 15) is 9.59 Å². The number of benzene rings is 2. The van der Waals surface area contributed by atoms with Crippen molar-refractivity contribution in [2.75, 3.05) is 0 Å². The van der Waals surface area contributed by atoms with Crippen LogP contribution in [-0.2, 0) is 0 Å². The number of esters is 1. The maximum atomic E-state index is 12.1. The number of hydrogen-bond acceptors (Lipinski definition) is 4. The number of rotatable bonds is 3. The van der Waals surface area contributed by atoms with Crippen LogP contribution < -0.4 is 15.2 Å². The van der Waals surface area contributed by atoms with Gasteiger partial charge in [0.2, 0.25) is 0 Å². The number of hydrogen-bond donors (Lipinski definition) is 1. The molecule has 2 N–H and O–H groups in total. The van der Waals surface area contributed by atoms with E-state index >= 15 is 0 Å². The van der Waals surface area contributed by atoms with Gasteiger partial charge in [0.15, 0.2) is 0 Å². The van der Waals surface area contributed by atoms with Crippen LogP contribution in [0, 0.1) is 0 Å². The third-order valence-corrected chi connectivity index (χ3v) is 2.94. The Hall–Kier alpha value is -2.24. The second kappa shape index (κ2) is 6.47. The first-order valence-corrected chi connectivity index (χ1v) is 6.46. The predicted molar refractivity (Wildman–Crippen MR) is 78.1 cm³/mol. The van der Waals surface area contributed by atoms with Crippen molar-refractivity contribution in [1.29, 1.82) is 0 Å². The van der Waals surface area contributed by atoms with Crippen LogP contribution in [0.1, 0.15) is 10.4 Å². The van der Waals surface area contributed by atoms with Gasteiger partial charge >= 0.3 is 12.1 Å². The van der Waals surface area contributed by atoms with Crippen molar-refractivity contribution < 1.29 is 19.1 Å². The summed E-state index contributed by atoms with van der Waals surface area (Å²) in [5.74, 6) is -0.601. The maximum Gasteiger partial charge on any atom is 0.409 e. The second-order valence-electron chi connectivity index (χ2n) is 3.88. The van der Waals surface area contributed by atoms with Crippen molar-refractivity contribution in [3.8, 4) is 11.5 Å². The number of halogens is 2. The van der Waals surface area contributed by atoms with Crippen LogP contribution in [0.5, 0.6) is 11.5 Å². The fraction of sp³-hybridized carbons (Fsp3) is 0. The molecule has 0 aliphatic carbocycles. The number of amides is 1. The molecule has 2 aromatic carbocycles. The molecule has 0 radical (unpaired) electrons. The molecule has 7 heteroatoms. The zero-order valence-corrected chi connectivity index (χ0v) is 12.0. The predicted octanol–water partition coefficient (Wildman–Crippen LogP) is 3.67. The minimum atomic E-state index is -1.03. The Balaban J connectivity index is 2.26. The highest BCUT2D eigenvalue weighted by atomic mass is 35.5. The Morgan fingerprint density at radius 2 is 1.67 bits per heavy atom. The average molecular weight is 326 g/mol. The molecule has 2 rings (SSSR count). The van der Waals surface area contributed by atoms with E-state index in [1.165, 1.54) is 30.3 Å². The lowest BCUT2D eigenvalue weighted by Crippen LogP contribution is -2.19. The van der Waals surface area contributed by atoms with E-state index in [1.807, 2.05) is 0 Å². The van der Waals surface area contributed by atoms with Crippen LogP contribution in [0.3, 0.4) is 0 Å². The van der Waals surface area contributed by atoms with Crippen molar-refractivity contribution in [2.45, 2.75) is 0 Å². The lowest BCUT2D eigenvalue weighted by Gasteiger charge is -2.09. The Bertz CT molecular complexity index is 703. The summed E-state index contributed by atoms with van der Waals surface area (Å²) in [5, 5.41) is 0.599. The highest BCUT2D eigenvalue weighted by molar-refractivity contribution is 6.35. The number of ether oxygens (including phenoxy) is 2. The van der Waals surface area contributed by atoms with Crippen molar-refractivity contribution in [3.05, 3.63) is 58.1 Å². The molecule has 108 valence electrons. The van der Waals surface area contributed by atoms with E-state index in [0.717, 1.165) is 0 Å². The van der Waals surface area contributed by atoms with Crippen molar-refractivity contribution in [2.24, 2.45) is 5.73 Å². The second-order valence-corrected chi connectivity index (χ2v) is 4.73.